The van der Waals surface area contributed by atoms with Crippen LogP contribution in [0.3, 0.4) is 0 Å². The second-order valence-electron chi connectivity index (χ2n) is 7.71. The SMILES string of the molecule is C=CC(C)(C)OC(=O)N1c2ccc(N(C)C)cc2Sc2cc(N(C)C)ccc21. The van der Waals surface area contributed by atoms with Crippen molar-refractivity contribution >= 4 is 40.6 Å². The van der Waals surface area contributed by atoms with Gasteiger partial charge in [0, 0.05) is 49.4 Å². The summed E-state index contributed by atoms with van der Waals surface area (Å²) in [5.74, 6) is 0. The third kappa shape index (κ3) is 3.83. The van der Waals surface area contributed by atoms with E-state index in [1.54, 1.807) is 22.7 Å². The van der Waals surface area contributed by atoms with Crippen LogP contribution in [0.2, 0.25) is 0 Å². The van der Waals surface area contributed by atoms with Crippen LogP contribution in [0.15, 0.2) is 58.8 Å². The summed E-state index contributed by atoms with van der Waals surface area (Å²) in [6.45, 7) is 7.41. The fraction of sp³-hybridized carbons (Fsp3) is 0.318. The molecule has 3 rings (SSSR count). The van der Waals surface area contributed by atoms with Crippen molar-refractivity contribution in [3.63, 3.8) is 0 Å². The summed E-state index contributed by atoms with van der Waals surface area (Å²) in [5.41, 5.74) is 3.06. The van der Waals surface area contributed by atoms with Crippen LogP contribution in [0.4, 0.5) is 27.5 Å². The summed E-state index contributed by atoms with van der Waals surface area (Å²) in [6.07, 6.45) is 1.22. The first kappa shape index (κ1) is 20.1. The molecule has 0 saturated heterocycles. The molecule has 5 nitrogen and oxygen atoms in total. The number of carbonyl (C=O) groups excluding carboxylic acids is 1. The minimum absolute atomic E-state index is 0.414. The summed E-state index contributed by atoms with van der Waals surface area (Å²) in [6, 6.07) is 12.2. The highest BCUT2D eigenvalue weighted by Crippen LogP contribution is 2.50. The highest BCUT2D eigenvalue weighted by atomic mass is 32.2. The predicted molar refractivity (Wildman–Crippen MR) is 119 cm³/mol. The number of fused-ring (bicyclic) bond motifs is 2. The van der Waals surface area contributed by atoms with Gasteiger partial charge in [-0.3, -0.25) is 0 Å². The van der Waals surface area contributed by atoms with Crippen LogP contribution in [0, 0.1) is 0 Å². The summed E-state index contributed by atoms with van der Waals surface area (Å²) >= 11 is 1.67. The van der Waals surface area contributed by atoms with Crippen molar-refractivity contribution in [2.45, 2.75) is 29.2 Å². The Morgan fingerprint density at radius 2 is 1.46 bits per heavy atom. The molecule has 1 amide bonds. The monoisotopic (exact) mass is 397 g/mol. The molecule has 2 aromatic carbocycles. The van der Waals surface area contributed by atoms with Gasteiger partial charge in [0.15, 0.2) is 0 Å². The number of rotatable bonds is 4. The second-order valence-corrected chi connectivity index (χ2v) is 8.79. The number of benzene rings is 2. The zero-order valence-corrected chi connectivity index (χ0v) is 18.1. The van der Waals surface area contributed by atoms with Gasteiger partial charge in [-0.25, -0.2) is 9.69 Å². The van der Waals surface area contributed by atoms with Crippen molar-refractivity contribution in [3.05, 3.63) is 49.1 Å². The third-order valence-electron chi connectivity index (χ3n) is 4.65. The molecule has 0 unspecified atom stereocenters. The molecule has 0 aliphatic carbocycles. The standard InChI is InChI=1S/C22H27N3O2S/c1-8-22(2,3)27-21(26)25-17-11-9-15(23(4)5)13-19(17)28-20-14-16(24(6)7)10-12-18(20)25/h8-14H,1H2,2-7H3. The largest absolute Gasteiger partial charge is 0.439 e. The Morgan fingerprint density at radius 1 is 1.00 bits per heavy atom. The molecule has 0 aromatic heterocycles. The van der Waals surface area contributed by atoms with Crippen molar-refractivity contribution in [2.75, 3.05) is 42.9 Å². The van der Waals surface area contributed by atoms with E-state index in [1.165, 1.54) is 0 Å². The highest BCUT2D eigenvalue weighted by Gasteiger charge is 2.32. The Hall–Kier alpha value is -2.60. The second kappa shape index (κ2) is 7.43. The average molecular weight is 398 g/mol. The lowest BCUT2D eigenvalue weighted by Gasteiger charge is -2.34. The molecule has 0 atom stereocenters. The summed E-state index contributed by atoms with van der Waals surface area (Å²) in [7, 11) is 8.02. The van der Waals surface area contributed by atoms with E-state index in [1.807, 2.05) is 66.3 Å². The molecule has 0 spiro atoms. The van der Waals surface area contributed by atoms with Crippen LogP contribution in [0.5, 0.6) is 0 Å². The van der Waals surface area contributed by atoms with E-state index in [9.17, 15) is 4.79 Å². The molecule has 0 radical (unpaired) electrons. The van der Waals surface area contributed by atoms with Gasteiger partial charge in [-0.1, -0.05) is 18.3 Å². The van der Waals surface area contributed by atoms with Crippen LogP contribution < -0.4 is 14.7 Å². The van der Waals surface area contributed by atoms with E-state index in [0.29, 0.717) is 0 Å². The van der Waals surface area contributed by atoms with Crippen LogP contribution in [-0.2, 0) is 4.74 Å². The van der Waals surface area contributed by atoms with Gasteiger partial charge in [0.1, 0.15) is 5.60 Å². The lowest BCUT2D eigenvalue weighted by molar-refractivity contribution is 0.0801. The van der Waals surface area contributed by atoms with Gasteiger partial charge < -0.3 is 14.5 Å². The highest BCUT2D eigenvalue weighted by molar-refractivity contribution is 7.99. The Bertz CT molecular complexity index is 864. The van der Waals surface area contributed by atoms with Gasteiger partial charge in [-0.2, -0.15) is 0 Å². The number of ether oxygens (including phenoxy) is 1. The zero-order chi connectivity index (χ0) is 20.6. The van der Waals surface area contributed by atoms with E-state index in [0.717, 1.165) is 32.5 Å². The predicted octanol–water partition coefficient (Wildman–Crippen LogP) is 5.52. The van der Waals surface area contributed by atoms with Crippen LogP contribution in [-0.4, -0.2) is 39.9 Å². The quantitative estimate of drug-likeness (QED) is 0.635. The van der Waals surface area contributed by atoms with E-state index >= 15 is 0 Å². The molecule has 148 valence electrons. The van der Waals surface area contributed by atoms with Gasteiger partial charge >= 0.3 is 6.09 Å². The van der Waals surface area contributed by atoms with Crippen LogP contribution in [0.1, 0.15) is 13.8 Å². The van der Waals surface area contributed by atoms with Crippen molar-refractivity contribution in [1.82, 2.24) is 0 Å². The maximum atomic E-state index is 13.2. The fourth-order valence-corrected chi connectivity index (χ4v) is 3.98. The molecule has 28 heavy (non-hydrogen) atoms. The zero-order valence-electron chi connectivity index (χ0n) is 17.3. The molecule has 0 saturated carbocycles. The van der Waals surface area contributed by atoms with Crippen LogP contribution >= 0.6 is 11.8 Å². The molecule has 1 heterocycles. The third-order valence-corrected chi connectivity index (χ3v) is 5.74. The summed E-state index contributed by atoms with van der Waals surface area (Å²) < 4.78 is 5.73. The Morgan fingerprint density at radius 3 is 1.86 bits per heavy atom. The van der Waals surface area contributed by atoms with Gasteiger partial charge in [-0.15, -0.1) is 0 Å². The molecule has 0 fully saturated rings. The Kier molecular flexibility index (Phi) is 5.35. The molecule has 2 aromatic rings. The van der Waals surface area contributed by atoms with Gasteiger partial charge in [-0.05, 0) is 56.3 Å². The minimum atomic E-state index is -0.755. The van der Waals surface area contributed by atoms with E-state index in [-0.39, 0.29) is 0 Å². The Labute approximate surface area is 171 Å². The average Bonchev–Trinajstić information content (AvgIpc) is 2.64. The van der Waals surface area contributed by atoms with Crippen molar-refractivity contribution in [3.8, 4) is 0 Å². The molecule has 1 aliphatic heterocycles. The number of anilines is 4. The molecule has 0 bridgehead atoms. The first-order valence-corrected chi connectivity index (χ1v) is 9.92. The first-order valence-electron chi connectivity index (χ1n) is 9.10. The first-order chi connectivity index (χ1) is 13.1. The Balaban J connectivity index is 2.12. The summed E-state index contributed by atoms with van der Waals surface area (Å²) in [5, 5.41) is 0. The maximum absolute atomic E-state index is 13.2. The lowest BCUT2D eigenvalue weighted by Crippen LogP contribution is -2.35. The van der Waals surface area contributed by atoms with Gasteiger partial charge in [0.25, 0.3) is 0 Å². The van der Waals surface area contributed by atoms with Crippen molar-refractivity contribution < 1.29 is 9.53 Å². The normalized spacial score (nSPS) is 12.7. The number of nitrogens with zero attached hydrogens (tertiary/aromatic N) is 3. The minimum Gasteiger partial charge on any atom is -0.439 e. The van der Waals surface area contributed by atoms with Crippen LogP contribution in [0.25, 0.3) is 0 Å². The topological polar surface area (TPSA) is 36.0 Å². The molecular weight excluding hydrogens is 370 g/mol. The number of hydrogen-bond donors (Lipinski definition) is 0. The fourth-order valence-electron chi connectivity index (χ4n) is 2.85. The van der Waals surface area contributed by atoms with Gasteiger partial charge in [0.2, 0.25) is 0 Å². The number of amides is 1. The smallest absolute Gasteiger partial charge is 0.419 e. The summed E-state index contributed by atoms with van der Waals surface area (Å²) in [4.78, 5) is 21.0. The van der Waals surface area contributed by atoms with E-state index in [2.05, 4.69) is 28.5 Å². The van der Waals surface area contributed by atoms with E-state index < -0.39 is 11.7 Å². The molecule has 6 heteroatoms. The van der Waals surface area contributed by atoms with E-state index in [4.69, 9.17) is 4.74 Å². The molecule has 0 N–H and O–H groups in total. The van der Waals surface area contributed by atoms with Crippen molar-refractivity contribution in [1.29, 1.82) is 0 Å². The molecular formula is C22H27N3O2S. The number of carbonyl (C=O) groups is 1. The number of hydrogen-bond acceptors (Lipinski definition) is 5. The lowest BCUT2D eigenvalue weighted by atomic mass is 10.1. The van der Waals surface area contributed by atoms with Crippen molar-refractivity contribution in [2.24, 2.45) is 0 Å². The van der Waals surface area contributed by atoms with Gasteiger partial charge in [0.05, 0.1) is 11.4 Å². The molecule has 1 aliphatic rings. The maximum Gasteiger partial charge on any atom is 0.419 e.